The highest BCUT2D eigenvalue weighted by Crippen LogP contribution is 2.23. The van der Waals surface area contributed by atoms with Crippen LogP contribution in [0.1, 0.15) is 23.1 Å². The third-order valence-corrected chi connectivity index (χ3v) is 2.39. The molecule has 4 nitrogen and oxygen atoms in total. The molecule has 1 rings (SSSR count). The van der Waals surface area contributed by atoms with Crippen molar-refractivity contribution in [2.75, 3.05) is 6.79 Å². The molecule has 0 radical (unpaired) electrons. The Hall–Kier alpha value is -1.55. The van der Waals surface area contributed by atoms with Gasteiger partial charge in [-0.2, -0.15) is 0 Å². The molecule has 0 unspecified atom stereocenters. The molecule has 0 saturated heterocycles. The third kappa shape index (κ3) is 3.24. The molecule has 0 aromatic heterocycles. The zero-order valence-electron chi connectivity index (χ0n) is 9.49. The van der Waals surface area contributed by atoms with Crippen LogP contribution in [0, 0.1) is 13.8 Å². The molecule has 88 valence electrons. The normalized spacial score (nSPS) is 10.2. The molecule has 0 aliphatic carbocycles. The van der Waals surface area contributed by atoms with Gasteiger partial charge in [0.1, 0.15) is 5.75 Å². The highest BCUT2D eigenvalue weighted by molar-refractivity contribution is 5.69. The molecule has 0 atom stereocenters. The van der Waals surface area contributed by atoms with E-state index in [1.54, 1.807) is 0 Å². The number of hydrogen-bond donors (Lipinski definition) is 2. The van der Waals surface area contributed by atoms with Gasteiger partial charge in [0.25, 0.3) is 0 Å². The molecule has 0 bridgehead atoms. The van der Waals surface area contributed by atoms with Gasteiger partial charge in [0.05, 0.1) is 0 Å². The molecular formula is C12H16O4. The Kier molecular flexibility index (Phi) is 4.31. The van der Waals surface area contributed by atoms with Crippen molar-refractivity contribution in [3.63, 3.8) is 0 Å². The van der Waals surface area contributed by atoms with Crippen LogP contribution in [0.4, 0.5) is 0 Å². The standard InChI is InChI=1S/C12H16O4/c1-8-5-10(6-9(2)12(8)15)3-4-11(14)16-7-13/h5-6,13,15H,3-4,7H2,1-2H3. The second kappa shape index (κ2) is 5.51. The van der Waals surface area contributed by atoms with Crippen LogP contribution in [-0.4, -0.2) is 23.0 Å². The zero-order chi connectivity index (χ0) is 12.1. The van der Waals surface area contributed by atoms with Gasteiger partial charge >= 0.3 is 5.97 Å². The molecule has 0 heterocycles. The number of carbonyl (C=O) groups excluding carboxylic acids is 1. The van der Waals surface area contributed by atoms with E-state index in [-0.39, 0.29) is 6.42 Å². The Morgan fingerprint density at radius 3 is 2.38 bits per heavy atom. The molecule has 0 aliphatic heterocycles. The topological polar surface area (TPSA) is 66.8 Å². The van der Waals surface area contributed by atoms with Crippen molar-refractivity contribution >= 4 is 5.97 Å². The maximum absolute atomic E-state index is 11.0. The number of hydrogen-bond acceptors (Lipinski definition) is 4. The first-order valence-corrected chi connectivity index (χ1v) is 5.10. The first kappa shape index (κ1) is 12.5. The van der Waals surface area contributed by atoms with E-state index < -0.39 is 12.8 Å². The van der Waals surface area contributed by atoms with E-state index in [0.717, 1.165) is 16.7 Å². The largest absolute Gasteiger partial charge is 0.507 e. The molecule has 0 fully saturated rings. The van der Waals surface area contributed by atoms with Crippen molar-refractivity contribution in [2.24, 2.45) is 0 Å². The van der Waals surface area contributed by atoms with E-state index in [9.17, 15) is 9.90 Å². The second-order valence-electron chi connectivity index (χ2n) is 3.72. The number of ether oxygens (including phenoxy) is 1. The van der Waals surface area contributed by atoms with Crippen LogP contribution in [-0.2, 0) is 16.0 Å². The first-order chi connectivity index (χ1) is 7.54. The summed E-state index contributed by atoms with van der Waals surface area (Å²) in [5.74, 6) is -0.132. The van der Waals surface area contributed by atoms with Crippen LogP contribution in [0.15, 0.2) is 12.1 Å². The highest BCUT2D eigenvalue weighted by Gasteiger charge is 2.06. The fourth-order valence-electron chi connectivity index (χ4n) is 1.58. The molecule has 16 heavy (non-hydrogen) atoms. The maximum Gasteiger partial charge on any atom is 0.308 e. The van der Waals surface area contributed by atoms with Crippen molar-refractivity contribution < 1.29 is 19.7 Å². The summed E-state index contributed by atoms with van der Waals surface area (Å²) in [5, 5.41) is 18.0. The van der Waals surface area contributed by atoms with E-state index >= 15 is 0 Å². The Labute approximate surface area is 94.5 Å². The van der Waals surface area contributed by atoms with Crippen LogP contribution in [0.25, 0.3) is 0 Å². The summed E-state index contributed by atoms with van der Waals surface area (Å²) in [7, 11) is 0. The smallest absolute Gasteiger partial charge is 0.308 e. The van der Waals surface area contributed by atoms with E-state index in [4.69, 9.17) is 5.11 Å². The molecule has 1 aromatic carbocycles. The van der Waals surface area contributed by atoms with Crippen molar-refractivity contribution in [1.82, 2.24) is 0 Å². The first-order valence-electron chi connectivity index (χ1n) is 5.10. The SMILES string of the molecule is Cc1cc(CCC(=O)OCO)cc(C)c1O. The number of aryl methyl sites for hydroxylation is 3. The third-order valence-electron chi connectivity index (χ3n) is 2.39. The van der Waals surface area contributed by atoms with Gasteiger partial charge in [-0.1, -0.05) is 12.1 Å². The summed E-state index contributed by atoms with van der Waals surface area (Å²) in [5.41, 5.74) is 2.57. The average molecular weight is 224 g/mol. The summed E-state index contributed by atoms with van der Waals surface area (Å²) in [4.78, 5) is 11.0. The lowest BCUT2D eigenvalue weighted by atomic mass is 10.0. The highest BCUT2D eigenvalue weighted by atomic mass is 16.6. The van der Waals surface area contributed by atoms with Gasteiger partial charge < -0.3 is 14.9 Å². The van der Waals surface area contributed by atoms with Crippen LogP contribution in [0.3, 0.4) is 0 Å². The predicted octanol–water partition coefficient (Wildman–Crippen LogP) is 1.43. The van der Waals surface area contributed by atoms with Crippen molar-refractivity contribution in [3.8, 4) is 5.75 Å². The molecule has 0 saturated carbocycles. The van der Waals surface area contributed by atoms with Crippen LogP contribution in [0.2, 0.25) is 0 Å². The van der Waals surface area contributed by atoms with E-state index in [0.29, 0.717) is 12.2 Å². The van der Waals surface area contributed by atoms with Gasteiger partial charge in [-0.25, -0.2) is 0 Å². The summed E-state index contributed by atoms with van der Waals surface area (Å²) >= 11 is 0. The Bertz CT molecular complexity index is 362. The van der Waals surface area contributed by atoms with Gasteiger partial charge in [-0.15, -0.1) is 0 Å². The number of aliphatic hydroxyl groups excluding tert-OH is 1. The average Bonchev–Trinajstić information content (AvgIpc) is 2.23. The summed E-state index contributed by atoms with van der Waals surface area (Å²) in [6.45, 7) is 3.06. The Balaban J connectivity index is 2.65. The van der Waals surface area contributed by atoms with Crippen LogP contribution < -0.4 is 0 Å². The fourth-order valence-corrected chi connectivity index (χ4v) is 1.58. The minimum atomic E-state index is -0.577. The van der Waals surface area contributed by atoms with E-state index in [2.05, 4.69) is 4.74 Å². The van der Waals surface area contributed by atoms with Crippen molar-refractivity contribution in [1.29, 1.82) is 0 Å². The van der Waals surface area contributed by atoms with Crippen LogP contribution in [0.5, 0.6) is 5.75 Å². The molecule has 4 heteroatoms. The number of rotatable bonds is 4. The summed E-state index contributed by atoms with van der Waals surface area (Å²) in [6, 6.07) is 3.68. The van der Waals surface area contributed by atoms with Gasteiger partial charge in [0.2, 0.25) is 0 Å². The lowest BCUT2D eigenvalue weighted by Crippen LogP contribution is -2.06. The fraction of sp³-hybridized carbons (Fsp3) is 0.417. The Morgan fingerprint density at radius 2 is 1.88 bits per heavy atom. The molecular weight excluding hydrogens is 208 g/mol. The zero-order valence-corrected chi connectivity index (χ0v) is 9.49. The van der Waals surface area contributed by atoms with E-state index in [1.807, 2.05) is 26.0 Å². The van der Waals surface area contributed by atoms with Gasteiger partial charge in [-0.3, -0.25) is 4.79 Å². The van der Waals surface area contributed by atoms with E-state index in [1.165, 1.54) is 0 Å². The number of phenols is 1. The molecule has 0 amide bonds. The number of esters is 1. The Morgan fingerprint density at radius 1 is 1.31 bits per heavy atom. The lowest BCUT2D eigenvalue weighted by Gasteiger charge is -2.07. The van der Waals surface area contributed by atoms with Gasteiger partial charge in [0.15, 0.2) is 6.79 Å². The molecule has 0 spiro atoms. The number of benzene rings is 1. The molecule has 0 aliphatic rings. The number of aliphatic hydroxyl groups is 1. The van der Waals surface area contributed by atoms with Crippen molar-refractivity contribution in [2.45, 2.75) is 26.7 Å². The molecule has 2 N–H and O–H groups in total. The quantitative estimate of drug-likeness (QED) is 0.600. The minimum absolute atomic E-state index is 0.226. The summed E-state index contributed by atoms with van der Waals surface area (Å²) < 4.78 is 4.42. The minimum Gasteiger partial charge on any atom is -0.507 e. The predicted molar refractivity (Wildman–Crippen MR) is 59.1 cm³/mol. The van der Waals surface area contributed by atoms with Crippen molar-refractivity contribution in [3.05, 3.63) is 28.8 Å². The summed E-state index contributed by atoms with van der Waals surface area (Å²) in [6.07, 6.45) is 0.769. The second-order valence-corrected chi connectivity index (χ2v) is 3.72. The van der Waals surface area contributed by atoms with Gasteiger partial charge in [-0.05, 0) is 37.0 Å². The van der Waals surface area contributed by atoms with Crippen LogP contribution >= 0.6 is 0 Å². The number of carbonyl (C=O) groups is 1. The lowest BCUT2D eigenvalue weighted by molar-refractivity contribution is -0.151. The number of phenolic OH excluding ortho intramolecular Hbond substituents is 1. The molecule has 1 aromatic rings. The van der Waals surface area contributed by atoms with Gasteiger partial charge in [0, 0.05) is 6.42 Å². The maximum atomic E-state index is 11.0. The monoisotopic (exact) mass is 224 g/mol. The number of aromatic hydroxyl groups is 1.